The molecule has 0 aliphatic carbocycles. The molecule has 1 atom stereocenters. The molecule has 0 spiro atoms. The normalized spacial score (nSPS) is 20.2. The van der Waals surface area contributed by atoms with Crippen LogP contribution in [0.2, 0.25) is 0 Å². The Morgan fingerprint density at radius 2 is 2.42 bits per heavy atom. The van der Waals surface area contributed by atoms with Crippen molar-refractivity contribution in [1.82, 2.24) is 10.2 Å². The molecule has 2 rings (SSSR count). The largest absolute Gasteiger partial charge is 0.396 e. The molecule has 0 aromatic heterocycles. The van der Waals surface area contributed by atoms with Gasteiger partial charge in [-0.25, -0.2) is 4.39 Å². The molecule has 104 valence electrons. The summed E-state index contributed by atoms with van der Waals surface area (Å²) in [6.45, 7) is 2.74. The molecule has 0 radical (unpaired) electrons. The number of nitrogen functional groups attached to an aromatic ring is 1. The van der Waals surface area contributed by atoms with Crippen molar-refractivity contribution in [2.45, 2.75) is 6.10 Å². The number of halogens is 1. The summed E-state index contributed by atoms with van der Waals surface area (Å²) in [5.41, 5.74) is 5.66. The summed E-state index contributed by atoms with van der Waals surface area (Å²) in [6, 6.07) is 4.02. The summed E-state index contributed by atoms with van der Waals surface area (Å²) in [5, 5.41) is 2.74. The van der Waals surface area contributed by atoms with Gasteiger partial charge >= 0.3 is 0 Å². The number of likely N-dealkylation sites (N-methyl/N-ethyl adjacent to an activating group) is 1. The maximum Gasteiger partial charge on any atom is 0.251 e. The third kappa shape index (κ3) is 3.65. The predicted molar refractivity (Wildman–Crippen MR) is 70.4 cm³/mol. The Hall–Kier alpha value is -1.66. The van der Waals surface area contributed by atoms with Gasteiger partial charge in [0.25, 0.3) is 5.91 Å². The number of morpholine rings is 1. The van der Waals surface area contributed by atoms with Crippen LogP contribution >= 0.6 is 0 Å². The molecule has 1 aromatic rings. The summed E-state index contributed by atoms with van der Waals surface area (Å²) < 4.78 is 18.8. The Balaban J connectivity index is 1.88. The first kappa shape index (κ1) is 13.8. The van der Waals surface area contributed by atoms with Gasteiger partial charge in [0.1, 0.15) is 5.82 Å². The first-order valence-corrected chi connectivity index (χ1v) is 6.19. The maximum atomic E-state index is 13.2. The monoisotopic (exact) mass is 267 g/mol. The van der Waals surface area contributed by atoms with Crippen LogP contribution in [0.1, 0.15) is 10.4 Å². The van der Waals surface area contributed by atoms with Gasteiger partial charge in [0, 0.05) is 25.2 Å². The Morgan fingerprint density at radius 1 is 1.63 bits per heavy atom. The van der Waals surface area contributed by atoms with Crippen LogP contribution in [0.5, 0.6) is 0 Å². The van der Waals surface area contributed by atoms with Crippen molar-refractivity contribution in [3.05, 3.63) is 29.6 Å². The third-order valence-corrected chi connectivity index (χ3v) is 3.09. The first-order valence-electron chi connectivity index (χ1n) is 6.19. The van der Waals surface area contributed by atoms with E-state index >= 15 is 0 Å². The lowest BCUT2D eigenvalue weighted by molar-refractivity contribution is -0.0175. The van der Waals surface area contributed by atoms with Gasteiger partial charge in [-0.1, -0.05) is 0 Å². The van der Waals surface area contributed by atoms with Gasteiger partial charge in [0.05, 0.1) is 18.4 Å². The number of nitrogens with zero attached hydrogens (tertiary/aromatic N) is 1. The van der Waals surface area contributed by atoms with E-state index in [2.05, 4.69) is 10.2 Å². The average molecular weight is 267 g/mol. The fourth-order valence-electron chi connectivity index (χ4n) is 1.97. The van der Waals surface area contributed by atoms with Crippen molar-refractivity contribution < 1.29 is 13.9 Å². The van der Waals surface area contributed by atoms with Crippen LogP contribution in [0.4, 0.5) is 10.1 Å². The second-order valence-corrected chi connectivity index (χ2v) is 4.70. The van der Waals surface area contributed by atoms with E-state index in [0.717, 1.165) is 19.2 Å². The molecule has 1 heterocycles. The molecule has 5 nitrogen and oxygen atoms in total. The van der Waals surface area contributed by atoms with Crippen molar-refractivity contribution >= 4 is 11.6 Å². The minimum Gasteiger partial charge on any atom is -0.396 e. The van der Waals surface area contributed by atoms with Gasteiger partial charge in [-0.15, -0.1) is 0 Å². The SMILES string of the molecule is CN1CCOC(CNC(=O)c2ccc(N)c(F)c2)C1. The number of rotatable bonds is 3. The summed E-state index contributed by atoms with van der Waals surface area (Å²) >= 11 is 0. The highest BCUT2D eigenvalue weighted by atomic mass is 19.1. The topological polar surface area (TPSA) is 67.6 Å². The van der Waals surface area contributed by atoms with Crippen molar-refractivity contribution in [1.29, 1.82) is 0 Å². The zero-order valence-corrected chi connectivity index (χ0v) is 10.9. The number of benzene rings is 1. The van der Waals surface area contributed by atoms with Crippen LogP contribution in [-0.4, -0.2) is 50.2 Å². The minimum absolute atomic E-state index is 0.0265. The number of hydrogen-bond acceptors (Lipinski definition) is 4. The molecule has 6 heteroatoms. The average Bonchev–Trinajstić information content (AvgIpc) is 2.39. The van der Waals surface area contributed by atoms with Crippen molar-refractivity contribution in [2.24, 2.45) is 0 Å². The summed E-state index contributed by atoms with van der Waals surface area (Å²) in [7, 11) is 2.01. The predicted octanol–water partition coefficient (Wildman–Crippen LogP) is 0.468. The van der Waals surface area contributed by atoms with Crippen LogP contribution in [0, 0.1) is 5.82 Å². The smallest absolute Gasteiger partial charge is 0.251 e. The number of carbonyl (C=O) groups is 1. The minimum atomic E-state index is -0.582. The first-order chi connectivity index (χ1) is 9.06. The summed E-state index contributed by atoms with van der Waals surface area (Å²) in [6.07, 6.45) is -0.0265. The quantitative estimate of drug-likeness (QED) is 0.781. The molecule has 1 unspecified atom stereocenters. The lowest BCUT2D eigenvalue weighted by Crippen LogP contribution is -2.45. The van der Waals surface area contributed by atoms with Crippen molar-refractivity contribution in [3.63, 3.8) is 0 Å². The van der Waals surface area contributed by atoms with Crippen LogP contribution in [0.25, 0.3) is 0 Å². The summed E-state index contributed by atoms with van der Waals surface area (Å²) in [4.78, 5) is 14.0. The lowest BCUT2D eigenvalue weighted by Gasteiger charge is -2.30. The number of anilines is 1. The standard InChI is InChI=1S/C13H18FN3O2/c1-17-4-5-19-10(8-17)7-16-13(18)9-2-3-12(15)11(14)6-9/h2-3,6,10H,4-5,7-8,15H2,1H3,(H,16,18). The second-order valence-electron chi connectivity index (χ2n) is 4.70. The zero-order valence-electron chi connectivity index (χ0n) is 10.9. The Labute approximate surface area is 111 Å². The highest BCUT2D eigenvalue weighted by Gasteiger charge is 2.18. The van der Waals surface area contributed by atoms with E-state index in [1.54, 1.807) is 0 Å². The Kier molecular flexibility index (Phi) is 4.34. The third-order valence-electron chi connectivity index (χ3n) is 3.09. The number of carbonyl (C=O) groups excluding carboxylic acids is 1. The van der Waals surface area contributed by atoms with Gasteiger partial charge in [0.2, 0.25) is 0 Å². The molecule has 1 aliphatic rings. The fraction of sp³-hybridized carbons (Fsp3) is 0.462. The molecular weight excluding hydrogens is 249 g/mol. The van der Waals surface area contributed by atoms with Gasteiger partial charge in [-0.2, -0.15) is 0 Å². The fourth-order valence-corrected chi connectivity index (χ4v) is 1.97. The molecule has 1 aromatic carbocycles. The van der Waals surface area contributed by atoms with Crippen molar-refractivity contribution in [3.8, 4) is 0 Å². The molecule has 0 saturated carbocycles. The van der Waals surface area contributed by atoms with E-state index in [4.69, 9.17) is 10.5 Å². The van der Waals surface area contributed by atoms with E-state index in [0.29, 0.717) is 13.2 Å². The zero-order chi connectivity index (χ0) is 13.8. The van der Waals surface area contributed by atoms with Crippen LogP contribution < -0.4 is 11.1 Å². The highest BCUT2D eigenvalue weighted by Crippen LogP contribution is 2.12. The van der Waals surface area contributed by atoms with Crippen LogP contribution in [-0.2, 0) is 4.74 Å². The van der Waals surface area contributed by atoms with Gasteiger partial charge in [-0.05, 0) is 25.2 Å². The molecule has 1 fully saturated rings. The molecule has 1 amide bonds. The van der Waals surface area contributed by atoms with Crippen molar-refractivity contribution in [2.75, 3.05) is 39.0 Å². The Bertz CT molecular complexity index is 467. The lowest BCUT2D eigenvalue weighted by atomic mass is 10.2. The molecule has 1 saturated heterocycles. The number of amides is 1. The van der Waals surface area contributed by atoms with Gasteiger partial charge in [0.15, 0.2) is 0 Å². The Morgan fingerprint density at radius 3 is 3.11 bits per heavy atom. The molecule has 1 aliphatic heterocycles. The van der Waals surface area contributed by atoms with Crippen LogP contribution in [0.15, 0.2) is 18.2 Å². The highest BCUT2D eigenvalue weighted by molar-refractivity contribution is 5.94. The van der Waals surface area contributed by atoms with Gasteiger partial charge in [-0.3, -0.25) is 4.79 Å². The molecule has 0 bridgehead atoms. The number of nitrogens with two attached hydrogens (primary N) is 1. The number of nitrogens with one attached hydrogen (secondary N) is 1. The van der Waals surface area contributed by atoms with E-state index in [-0.39, 0.29) is 23.3 Å². The van der Waals surface area contributed by atoms with E-state index in [1.807, 2.05) is 7.05 Å². The van der Waals surface area contributed by atoms with E-state index < -0.39 is 5.82 Å². The molecule has 3 N–H and O–H groups in total. The second kappa shape index (κ2) is 5.99. The van der Waals surface area contributed by atoms with Crippen LogP contribution in [0.3, 0.4) is 0 Å². The molecular formula is C13H18FN3O2. The number of hydrogen-bond donors (Lipinski definition) is 2. The summed E-state index contributed by atoms with van der Waals surface area (Å²) in [5.74, 6) is -0.906. The van der Waals surface area contributed by atoms with E-state index in [1.165, 1.54) is 12.1 Å². The molecule has 19 heavy (non-hydrogen) atoms. The van der Waals surface area contributed by atoms with E-state index in [9.17, 15) is 9.18 Å². The maximum absolute atomic E-state index is 13.2. The number of ether oxygens (including phenoxy) is 1. The van der Waals surface area contributed by atoms with Gasteiger partial charge < -0.3 is 20.7 Å².